The van der Waals surface area contributed by atoms with Gasteiger partial charge in [0.15, 0.2) is 0 Å². The minimum Gasteiger partial charge on any atom is -0.406 e. The summed E-state index contributed by atoms with van der Waals surface area (Å²) in [6, 6.07) is 12.1. The molecule has 4 rings (SSSR count). The van der Waals surface area contributed by atoms with Crippen LogP contribution in [0.1, 0.15) is 37.0 Å². The van der Waals surface area contributed by atoms with Gasteiger partial charge in [0.05, 0.1) is 10.5 Å². The van der Waals surface area contributed by atoms with E-state index in [-0.39, 0.29) is 24.1 Å². The van der Waals surface area contributed by atoms with Crippen LogP contribution in [0.25, 0.3) is 0 Å². The molecule has 0 saturated carbocycles. The van der Waals surface area contributed by atoms with Crippen molar-refractivity contribution in [2.24, 2.45) is 0 Å². The quantitative estimate of drug-likeness (QED) is 0.389. The first-order chi connectivity index (χ1) is 16.9. The maximum absolute atomic E-state index is 13.2. The van der Waals surface area contributed by atoms with Gasteiger partial charge >= 0.3 is 6.36 Å². The second-order valence-corrected chi connectivity index (χ2v) is 11.1. The summed E-state index contributed by atoms with van der Waals surface area (Å²) in [7, 11) is -3.90. The van der Waals surface area contributed by atoms with Crippen LogP contribution in [0, 0.1) is 0 Å². The van der Waals surface area contributed by atoms with Crippen LogP contribution in [-0.2, 0) is 20.4 Å². The fourth-order valence-electron chi connectivity index (χ4n) is 4.72. The molecule has 36 heavy (non-hydrogen) atoms. The predicted molar refractivity (Wildman–Crippen MR) is 131 cm³/mol. The molecular formula is C26H25ClF3NO4S. The minimum atomic E-state index is -4.85. The fourth-order valence-corrected chi connectivity index (χ4v) is 6.43. The summed E-state index contributed by atoms with van der Waals surface area (Å²) < 4.78 is 75.4. The molecule has 2 aliphatic heterocycles. The van der Waals surface area contributed by atoms with Crippen molar-refractivity contribution in [3.63, 3.8) is 0 Å². The summed E-state index contributed by atoms with van der Waals surface area (Å²) in [5.41, 5.74) is 2.31. The van der Waals surface area contributed by atoms with E-state index in [2.05, 4.69) is 11.3 Å². The normalized spacial score (nSPS) is 20.9. The summed E-state index contributed by atoms with van der Waals surface area (Å²) in [5.74, 6) is -0.479. The van der Waals surface area contributed by atoms with Crippen molar-refractivity contribution in [1.29, 1.82) is 0 Å². The number of sulfonamides is 1. The van der Waals surface area contributed by atoms with Crippen LogP contribution in [0.15, 0.2) is 88.8 Å². The van der Waals surface area contributed by atoms with E-state index >= 15 is 0 Å². The molecule has 1 saturated heterocycles. The van der Waals surface area contributed by atoms with Crippen molar-refractivity contribution < 1.29 is 31.1 Å². The number of alkyl halides is 3. The van der Waals surface area contributed by atoms with Gasteiger partial charge in [0.1, 0.15) is 11.9 Å². The van der Waals surface area contributed by atoms with E-state index < -0.39 is 27.7 Å². The van der Waals surface area contributed by atoms with E-state index in [1.54, 1.807) is 12.2 Å². The number of rotatable bonds is 6. The van der Waals surface area contributed by atoms with Gasteiger partial charge in [-0.25, -0.2) is 8.42 Å². The average Bonchev–Trinajstić information content (AvgIpc) is 3.13. The Hall–Kier alpha value is -2.59. The molecule has 0 radical (unpaired) electrons. The lowest BCUT2D eigenvalue weighted by atomic mass is 9.84. The molecule has 5 nitrogen and oxygen atoms in total. The summed E-state index contributed by atoms with van der Waals surface area (Å²) in [5, 5.41) is 0.525. The van der Waals surface area contributed by atoms with Gasteiger partial charge in [-0.05, 0) is 72.9 Å². The molecule has 0 aliphatic carbocycles. The molecule has 1 fully saturated rings. The molecule has 1 spiro atoms. The molecule has 10 heteroatoms. The third-order valence-electron chi connectivity index (χ3n) is 6.36. The van der Waals surface area contributed by atoms with Crippen LogP contribution in [-0.4, -0.2) is 32.2 Å². The van der Waals surface area contributed by atoms with Crippen LogP contribution in [0.4, 0.5) is 13.2 Å². The molecular weight excluding hydrogens is 515 g/mol. The van der Waals surface area contributed by atoms with Gasteiger partial charge in [-0.3, -0.25) is 0 Å². The molecule has 0 amide bonds. The first-order valence-electron chi connectivity index (χ1n) is 11.2. The first-order valence-corrected chi connectivity index (χ1v) is 13.1. The van der Waals surface area contributed by atoms with Crippen LogP contribution in [0.2, 0.25) is 0 Å². The highest BCUT2D eigenvalue weighted by molar-refractivity contribution is 7.89. The van der Waals surface area contributed by atoms with Crippen molar-refractivity contribution in [2.45, 2.75) is 42.7 Å². The van der Waals surface area contributed by atoms with E-state index in [0.29, 0.717) is 17.9 Å². The number of hydrogen-bond donors (Lipinski definition) is 0. The Kier molecular flexibility index (Phi) is 7.39. The first kappa shape index (κ1) is 26.5. The zero-order chi connectivity index (χ0) is 26.1. The number of halogens is 4. The van der Waals surface area contributed by atoms with Crippen molar-refractivity contribution >= 4 is 21.6 Å². The van der Waals surface area contributed by atoms with E-state index in [1.165, 1.54) is 4.31 Å². The van der Waals surface area contributed by atoms with Gasteiger partial charge in [-0.1, -0.05) is 48.5 Å². The van der Waals surface area contributed by atoms with Gasteiger partial charge in [0.2, 0.25) is 10.0 Å². The Labute approximate surface area is 213 Å². The molecule has 1 atom stereocenters. The summed E-state index contributed by atoms with van der Waals surface area (Å²) >= 11 is 6.25. The topological polar surface area (TPSA) is 55.8 Å². The standard InChI is InChI=1S/C26H25ClF3NO4S/c1-3-6-19(27)17-18(2)24-22-7-4-5-8-23(22)25(35-24)13-15-31(16-14-25)36(32,33)21-11-9-20(10-12-21)34-26(28,29)30/h3-12,17,24H,1,13-16H2,2H3/b18-17+,19-6+. The summed E-state index contributed by atoms with van der Waals surface area (Å²) in [4.78, 5) is -0.0963. The molecule has 2 aromatic carbocycles. The number of fused-ring (bicyclic) bond motifs is 2. The third-order valence-corrected chi connectivity index (χ3v) is 8.51. The van der Waals surface area contributed by atoms with Gasteiger partial charge in [-0.15, -0.1) is 13.2 Å². The third kappa shape index (κ3) is 5.39. The molecule has 2 aromatic rings. The second kappa shape index (κ2) is 10.0. The highest BCUT2D eigenvalue weighted by atomic mass is 35.5. The van der Waals surface area contributed by atoms with Crippen LogP contribution in [0.3, 0.4) is 0 Å². The number of ether oxygens (including phenoxy) is 2. The average molecular weight is 540 g/mol. The van der Waals surface area contributed by atoms with Crippen LogP contribution in [0.5, 0.6) is 5.75 Å². The number of benzene rings is 2. The maximum atomic E-state index is 13.2. The van der Waals surface area contributed by atoms with Crippen LogP contribution < -0.4 is 4.74 Å². The highest BCUT2D eigenvalue weighted by Gasteiger charge is 2.48. The van der Waals surface area contributed by atoms with E-state index in [0.717, 1.165) is 41.0 Å². The van der Waals surface area contributed by atoms with E-state index in [1.807, 2.05) is 37.3 Å². The maximum Gasteiger partial charge on any atom is 0.573 e. The second-order valence-electron chi connectivity index (χ2n) is 8.68. The van der Waals surface area contributed by atoms with Gasteiger partial charge in [0.25, 0.3) is 0 Å². The van der Waals surface area contributed by atoms with Crippen molar-refractivity contribution in [3.8, 4) is 5.75 Å². The zero-order valence-electron chi connectivity index (χ0n) is 19.5. The molecule has 192 valence electrons. The Morgan fingerprint density at radius 2 is 1.81 bits per heavy atom. The number of piperidine rings is 1. The molecule has 0 N–H and O–H groups in total. The lowest BCUT2D eigenvalue weighted by Gasteiger charge is -2.39. The van der Waals surface area contributed by atoms with E-state index in [4.69, 9.17) is 16.3 Å². The van der Waals surface area contributed by atoms with Gasteiger partial charge in [0, 0.05) is 18.1 Å². The molecule has 0 aromatic heterocycles. The number of hydrogen-bond acceptors (Lipinski definition) is 4. The van der Waals surface area contributed by atoms with Crippen molar-refractivity contribution in [3.05, 3.63) is 95.1 Å². The van der Waals surface area contributed by atoms with Crippen molar-refractivity contribution in [2.75, 3.05) is 13.1 Å². The lowest BCUT2D eigenvalue weighted by molar-refractivity contribution is -0.274. The summed E-state index contributed by atoms with van der Waals surface area (Å²) in [6.45, 7) is 5.98. The van der Waals surface area contributed by atoms with Crippen LogP contribution >= 0.6 is 11.6 Å². The van der Waals surface area contributed by atoms with E-state index in [9.17, 15) is 21.6 Å². The monoisotopic (exact) mass is 539 g/mol. The Bertz CT molecular complexity index is 1300. The SMILES string of the molecule is C=C/C=C(Cl)\C=C(/C)C1OC2(CCN(S(=O)(=O)c3ccc(OC(F)(F)F)cc3)CC2)c2ccccc21. The minimum absolute atomic E-state index is 0.0963. The van der Waals surface area contributed by atoms with Gasteiger partial charge in [-0.2, -0.15) is 4.31 Å². The predicted octanol–water partition coefficient (Wildman–Crippen LogP) is 6.59. The molecule has 2 aliphatic rings. The highest BCUT2D eigenvalue weighted by Crippen LogP contribution is 2.52. The molecule has 1 unspecified atom stereocenters. The van der Waals surface area contributed by atoms with Gasteiger partial charge < -0.3 is 9.47 Å². The smallest absolute Gasteiger partial charge is 0.406 e. The fraction of sp³-hybridized carbons (Fsp3) is 0.308. The zero-order valence-corrected chi connectivity index (χ0v) is 21.0. The Morgan fingerprint density at radius 1 is 1.17 bits per heavy atom. The Balaban J connectivity index is 1.53. The molecule has 2 heterocycles. The molecule has 0 bridgehead atoms. The number of nitrogens with zero attached hydrogens (tertiary/aromatic N) is 1. The Morgan fingerprint density at radius 3 is 2.42 bits per heavy atom. The largest absolute Gasteiger partial charge is 0.573 e. The number of allylic oxidation sites excluding steroid dienone is 4. The van der Waals surface area contributed by atoms with Crippen molar-refractivity contribution in [1.82, 2.24) is 4.31 Å². The summed E-state index contributed by atoms with van der Waals surface area (Å²) in [6.07, 6.45) is 0.804. The lowest BCUT2D eigenvalue weighted by Crippen LogP contribution is -2.45.